The quantitative estimate of drug-likeness (QED) is 0.640. The van der Waals surface area contributed by atoms with Gasteiger partial charge in [-0.1, -0.05) is 6.92 Å². The summed E-state index contributed by atoms with van der Waals surface area (Å²) in [5.74, 6) is -2.42. The van der Waals surface area contributed by atoms with E-state index in [1.807, 2.05) is 0 Å². The maximum Gasteiger partial charge on any atom is 0.249 e. The number of hydrogen-bond acceptors (Lipinski definition) is 1. The average Bonchev–Trinajstić information content (AvgIpc) is 1.61. The van der Waals surface area contributed by atoms with Crippen LogP contribution in [0.5, 0.6) is 0 Å². The van der Waals surface area contributed by atoms with E-state index in [1.165, 1.54) is 0 Å². The van der Waals surface area contributed by atoms with Gasteiger partial charge in [0.2, 0.25) is 5.92 Å². The van der Waals surface area contributed by atoms with Crippen molar-refractivity contribution in [2.45, 2.75) is 25.7 Å². The first-order valence-corrected chi connectivity index (χ1v) is 3.05. The Kier molecular flexibility index (Phi) is 2.65. The van der Waals surface area contributed by atoms with Crippen LogP contribution in [-0.2, 0) is 0 Å². The standard InChI is InChI=1S/C6H11F2N.ClH/c1-5(4-9)2-6(7,8)3-5;/h2-4,9H2,1H3;1H. The van der Waals surface area contributed by atoms with Gasteiger partial charge in [0.05, 0.1) is 0 Å². The van der Waals surface area contributed by atoms with Gasteiger partial charge in [0, 0.05) is 12.8 Å². The third-order valence-electron chi connectivity index (χ3n) is 1.86. The van der Waals surface area contributed by atoms with Crippen LogP contribution < -0.4 is 5.73 Å². The number of nitrogens with two attached hydrogens (primary N) is 1. The predicted molar refractivity (Wildman–Crippen MR) is 38.6 cm³/mol. The first-order valence-electron chi connectivity index (χ1n) is 3.05. The van der Waals surface area contributed by atoms with E-state index in [4.69, 9.17) is 5.73 Å². The first-order chi connectivity index (χ1) is 3.97. The van der Waals surface area contributed by atoms with E-state index < -0.39 is 5.92 Å². The third-order valence-corrected chi connectivity index (χ3v) is 1.86. The lowest BCUT2D eigenvalue weighted by Gasteiger charge is -2.43. The molecule has 0 aromatic carbocycles. The van der Waals surface area contributed by atoms with Gasteiger partial charge < -0.3 is 5.73 Å². The molecule has 1 rings (SSSR count). The number of rotatable bonds is 1. The molecule has 1 aliphatic carbocycles. The van der Waals surface area contributed by atoms with Gasteiger partial charge in [-0.2, -0.15) is 0 Å². The van der Waals surface area contributed by atoms with E-state index in [2.05, 4.69) is 0 Å². The van der Waals surface area contributed by atoms with E-state index in [1.54, 1.807) is 6.92 Å². The molecule has 0 unspecified atom stereocenters. The van der Waals surface area contributed by atoms with Gasteiger partial charge >= 0.3 is 0 Å². The zero-order valence-electron chi connectivity index (χ0n) is 5.86. The summed E-state index contributed by atoms with van der Waals surface area (Å²) in [4.78, 5) is 0. The summed E-state index contributed by atoms with van der Waals surface area (Å²) in [6, 6.07) is 0. The molecule has 2 N–H and O–H groups in total. The van der Waals surface area contributed by atoms with Gasteiger partial charge in [-0.3, -0.25) is 0 Å². The van der Waals surface area contributed by atoms with Crippen LogP contribution in [-0.4, -0.2) is 12.5 Å². The van der Waals surface area contributed by atoms with Crippen LogP contribution in [0, 0.1) is 5.41 Å². The Morgan fingerprint density at radius 1 is 1.40 bits per heavy atom. The fourth-order valence-corrected chi connectivity index (χ4v) is 1.34. The Labute approximate surface area is 65.4 Å². The van der Waals surface area contributed by atoms with Crippen LogP contribution in [0.25, 0.3) is 0 Å². The molecule has 10 heavy (non-hydrogen) atoms. The van der Waals surface area contributed by atoms with E-state index in [-0.39, 0.29) is 30.7 Å². The van der Waals surface area contributed by atoms with Crippen LogP contribution in [0.2, 0.25) is 0 Å². The summed E-state index contributed by atoms with van der Waals surface area (Å²) in [7, 11) is 0. The molecule has 0 bridgehead atoms. The highest BCUT2D eigenvalue weighted by atomic mass is 35.5. The second-order valence-corrected chi connectivity index (χ2v) is 3.22. The zero-order chi connectivity index (χ0) is 7.12. The minimum atomic E-state index is -2.42. The molecule has 0 aromatic rings. The topological polar surface area (TPSA) is 26.0 Å². The number of halogens is 3. The molecule has 0 heterocycles. The molecule has 1 aliphatic rings. The van der Waals surface area contributed by atoms with Gasteiger partial charge in [0.1, 0.15) is 0 Å². The van der Waals surface area contributed by atoms with Crippen LogP contribution in [0.4, 0.5) is 8.78 Å². The number of alkyl halides is 2. The maximum absolute atomic E-state index is 12.2. The molecule has 0 spiro atoms. The van der Waals surface area contributed by atoms with Crippen LogP contribution in [0.1, 0.15) is 19.8 Å². The van der Waals surface area contributed by atoms with Gasteiger partial charge in [0.15, 0.2) is 0 Å². The van der Waals surface area contributed by atoms with Crippen molar-refractivity contribution in [1.29, 1.82) is 0 Å². The second-order valence-electron chi connectivity index (χ2n) is 3.22. The molecular weight excluding hydrogens is 160 g/mol. The largest absolute Gasteiger partial charge is 0.330 e. The molecule has 0 aliphatic heterocycles. The molecule has 0 aromatic heterocycles. The van der Waals surface area contributed by atoms with Crippen molar-refractivity contribution < 1.29 is 8.78 Å². The summed E-state index contributed by atoms with van der Waals surface area (Å²) < 4.78 is 24.3. The lowest BCUT2D eigenvalue weighted by Crippen LogP contribution is -2.48. The minimum absolute atomic E-state index is 0. The molecule has 4 heteroatoms. The molecular formula is C6H12ClF2N. The highest BCUT2D eigenvalue weighted by Crippen LogP contribution is 2.50. The highest BCUT2D eigenvalue weighted by molar-refractivity contribution is 5.85. The molecule has 62 valence electrons. The van der Waals surface area contributed by atoms with Crippen LogP contribution >= 0.6 is 12.4 Å². The Morgan fingerprint density at radius 2 is 1.80 bits per heavy atom. The van der Waals surface area contributed by atoms with E-state index in [0.29, 0.717) is 6.54 Å². The van der Waals surface area contributed by atoms with Crippen molar-refractivity contribution in [3.05, 3.63) is 0 Å². The molecule has 1 fully saturated rings. The molecule has 0 saturated heterocycles. The van der Waals surface area contributed by atoms with Crippen molar-refractivity contribution in [2.24, 2.45) is 11.1 Å². The summed E-state index contributed by atoms with van der Waals surface area (Å²) in [5.41, 5.74) is 4.98. The summed E-state index contributed by atoms with van der Waals surface area (Å²) >= 11 is 0. The summed E-state index contributed by atoms with van der Waals surface area (Å²) in [5, 5.41) is 0. The third kappa shape index (κ3) is 1.80. The van der Waals surface area contributed by atoms with Gasteiger partial charge in [-0.25, -0.2) is 8.78 Å². The number of hydrogen-bond donors (Lipinski definition) is 1. The normalized spacial score (nSPS) is 26.4. The monoisotopic (exact) mass is 171 g/mol. The smallest absolute Gasteiger partial charge is 0.249 e. The van der Waals surface area contributed by atoms with E-state index in [9.17, 15) is 8.78 Å². The fourth-order valence-electron chi connectivity index (χ4n) is 1.34. The first kappa shape index (κ1) is 10.1. The Morgan fingerprint density at radius 3 is 1.90 bits per heavy atom. The fraction of sp³-hybridized carbons (Fsp3) is 1.00. The SMILES string of the molecule is CC1(CN)CC(F)(F)C1.Cl. The highest BCUT2D eigenvalue weighted by Gasteiger charge is 2.52. The molecule has 0 amide bonds. The van der Waals surface area contributed by atoms with Crippen LogP contribution in [0.3, 0.4) is 0 Å². The molecule has 0 atom stereocenters. The lowest BCUT2D eigenvalue weighted by molar-refractivity contribution is -0.149. The van der Waals surface area contributed by atoms with E-state index in [0.717, 1.165) is 0 Å². The van der Waals surface area contributed by atoms with Crippen molar-refractivity contribution in [2.75, 3.05) is 6.54 Å². The summed E-state index contributed by atoms with van der Waals surface area (Å²) in [6.45, 7) is 2.17. The average molecular weight is 172 g/mol. The predicted octanol–water partition coefficient (Wildman–Crippen LogP) is 1.80. The Balaban J connectivity index is 0.000000810. The Bertz CT molecular complexity index is 119. The van der Waals surface area contributed by atoms with Gasteiger partial charge in [0.25, 0.3) is 0 Å². The van der Waals surface area contributed by atoms with Gasteiger partial charge in [-0.15, -0.1) is 12.4 Å². The van der Waals surface area contributed by atoms with Crippen molar-refractivity contribution in [3.8, 4) is 0 Å². The molecule has 1 saturated carbocycles. The lowest BCUT2D eigenvalue weighted by atomic mass is 9.68. The summed E-state index contributed by atoms with van der Waals surface area (Å²) in [6.07, 6.45) is -0.0625. The zero-order valence-corrected chi connectivity index (χ0v) is 6.68. The van der Waals surface area contributed by atoms with Crippen molar-refractivity contribution in [1.82, 2.24) is 0 Å². The second kappa shape index (κ2) is 2.62. The maximum atomic E-state index is 12.2. The van der Waals surface area contributed by atoms with E-state index >= 15 is 0 Å². The van der Waals surface area contributed by atoms with Crippen LogP contribution in [0.15, 0.2) is 0 Å². The Hall–Kier alpha value is 0.110. The molecule has 1 nitrogen and oxygen atoms in total. The van der Waals surface area contributed by atoms with Crippen molar-refractivity contribution in [3.63, 3.8) is 0 Å². The van der Waals surface area contributed by atoms with Crippen molar-refractivity contribution >= 4 is 12.4 Å². The minimum Gasteiger partial charge on any atom is -0.330 e. The molecule has 0 radical (unpaired) electrons. The van der Waals surface area contributed by atoms with Gasteiger partial charge in [-0.05, 0) is 12.0 Å².